The molecule has 182 valence electrons. The van der Waals surface area contributed by atoms with Gasteiger partial charge in [0, 0.05) is 43.9 Å². The van der Waals surface area contributed by atoms with E-state index in [0.717, 1.165) is 55.7 Å². The van der Waals surface area contributed by atoms with E-state index >= 15 is 0 Å². The predicted octanol–water partition coefficient (Wildman–Crippen LogP) is 3.91. The van der Waals surface area contributed by atoms with E-state index in [4.69, 9.17) is 14.8 Å². The summed E-state index contributed by atoms with van der Waals surface area (Å²) in [5, 5.41) is 5.37. The monoisotopic (exact) mass is 464 g/mol. The van der Waals surface area contributed by atoms with E-state index in [2.05, 4.69) is 41.0 Å². The number of benzene rings is 1. The van der Waals surface area contributed by atoms with Crippen LogP contribution in [0.2, 0.25) is 0 Å². The van der Waals surface area contributed by atoms with Crippen LogP contribution < -0.4 is 15.2 Å². The van der Waals surface area contributed by atoms with Gasteiger partial charge in [-0.2, -0.15) is 5.10 Å². The van der Waals surface area contributed by atoms with Crippen molar-refractivity contribution in [2.75, 3.05) is 39.2 Å². The molecule has 1 N–H and O–H groups in total. The largest absolute Gasteiger partial charge is 0.496 e. The van der Waals surface area contributed by atoms with Crippen LogP contribution in [0.3, 0.4) is 0 Å². The van der Waals surface area contributed by atoms with Gasteiger partial charge in [0.2, 0.25) is 0 Å². The normalized spacial score (nSPS) is 18.2. The van der Waals surface area contributed by atoms with Crippen LogP contribution in [0.1, 0.15) is 56.6 Å². The number of aryl methyl sites for hydroxylation is 1. The number of aromatic nitrogens is 4. The van der Waals surface area contributed by atoms with Gasteiger partial charge < -0.3 is 19.5 Å². The van der Waals surface area contributed by atoms with Gasteiger partial charge >= 0.3 is 0 Å². The maximum atomic E-state index is 13.2. The van der Waals surface area contributed by atoms with E-state index in [-0.39, 0.29) is 5.56 Å². The second kappa shape index (κ2) is 9.41. The molecular formula is C26H36N6O2. The molecule has 2 fully saturated rings. The summed E-state index contributed by atoms with van der Waals surface area (Å²) in [4.78, 5) is 25.8. The average molecular weight is 465 g/mol. The number of nitrogens with zero attached hydrogens (tertiary/aromatic N) is 5. The molecule has 1 saturated carbocycles. The minimum Gasteiger partial charge on any atom is -0.496 e. The highest BCUT2D eigenvalue weighted by atomic mass is 16.5. The van der Waals surface area contributed by atoms with E-state index in [1.165, 1.54) is 19.3 Å². The number of fused-ring (bicyclic) bond motifs is 1. The van der Waals surface area contributed by atoms with Gasteiger partial charge in [-0.05, 0) is 51.9 Å². The lowest BCUT2D eigenvalue weighted by molar-refractivity contribution is 0.249. The first-order chi connectivity index (χ1) is 16.5. The van der Waals surface area contributed by atoms with Crippen molar-refractivity contribution in [3.63, 3.8) is 0 Å². The molecule has 2 aliphatic rings. The zero-order chi connectivity index (χ0) is 23.8. The molecule has 0 atom stereocenters. The van der Waals surface area contributed by atoms with Crippen molar-refractivity contribution >= 4 is 16.7 Å². The van der Waals surface area contributed by atoms with Crippen LogP contribution in [-0.4, -0.2) is 65.0 Å². The molecule has 8 heteroatoms. The van der Waals surface area contributed by atoms with Crippen LogP contribution in [0.15, 0.2) is 23.0 Å². The molecule has 1 aromatic carbocycles. The zero-order valence-corrected chi connectivity index (χ0v) is 20.8. The van der Waals surface area contributed by atoms with Crippen molar-refractivity contribution < 1.29 is 4.74 Å². The molecule has 0 bridgehead atoms. The van der Waals surface area contributed by atoms with Gasteiger partial charge in [-0.15, -0.1) is 0 Å². The molecule has 1 aliphatic heterocycles. The molecule has 1 aliphatic carbocycles. The van der Waals surface area contributed by atoms with Crippen LogP contribution in [0.25, 0.3) is 22.4 Å². The summed E-state index contributed by atoms with van der Waals surface area (Å²) in [5.41, 5.74) is 3.35. The molecule has 0 radical (unpaired) electrons. The number of H-pyrrole nitrogens is 1. The molecule has 5 rings (SSSR count). The van der Waals surface area contributed by atoms with Gasteiger partial charge in [0.05, 0.1) is 18.4 Å². The number of ether oxygens (including phenoxy) is 1. The number of piperidine rings is 1. The average Bonchev–Trinajstić information content (AvgIpc) is 3.21. The molecule has 0 unspecified atom stereocenters. The lowest BCUT2D eigenvalue weighted by Crippen LogP contribution is -2.41. The van der Waals surface area contributed by atoms with Gasteiger partial charge in [0.1, 0.15) is 17.0 Å². The highest BCUT2D eigenvalue weighted by Gasteiger charge is 2.26. The predicted molar refractivity (Wildman–Crippen MR) is 136 cm³/mol. The second-order valence-corrected chi connectivity index (χ2v) is 10.0. The number of methoxy groups -OCH3 is 1. The van der Waals surface area contributed by atoms with Crippen LogP contribution in [0.4, 0.5) is 5.69 Å². The van der Waals surface area contributed by atoms with Crippen LogP contribution in [0, 0.1) is 0 Å². The summed E-state index contributed by atoms with van der Waals surface area (Å²) in [5.74, 6) is 1.58. The highest BCUT2D eigenvalue weighted by molar-refractivity contribution is 5.81. The Morgan fingerprint density at radius 2 is 1.82 bits per heavy atom. The molecule has 3 aromatic rings. The van der Waals surface area contributed by atoms with Crippen molar-refractivity contribution in [3.05, 3.63) is 34.2 Å². The smallest absolute Gasteiger partial charge is 0.262 e. The Labute approximate surface area is 200 Å². The summed E-state index contributed by atoms with van der Waals surface area (Å²) in [6.07, 6.45) is 8.14. The van der Waals surface area contributed by atoms with Crippen molar-refractivity contribution in [1.82, 2.24) is 24.6 Å². The summed E-state index contributed by atoms with van der Waals surface area (Å²) < 4.78 is 7.51. The minimum absolute atomic E-state index is 0.120. The number of rotatable bonds is 5. The lowest BCUT2D eigenvalue weighted by atomic mass is 9.86. The minimum atomic E-state index is -0.120. The Bertz CT molecular complexity index is 1220. The second-order valence-electron chi connectivity index (χ2n) is 10.0. The van der Waals surface area contributed by atoms with Gasteiger partial charge in [-0.3, -0.25) is 4.79 Å². The van der Waals surface area contributed by atoms with E-state index in [1.807, 2.05) is 13.1 Å². The number of hydrogen-bond donors (Lipinski definition) is 1. The molecule has 3 heterocycles. The molecule has 34 heavy (non-hydrogen) atoms. The third-order valence-electron chi connectivity index (χ3n) is 7.71. The number of aromatic amines is 1. The first kappa shape index (κ1) is 22.9. The Kier molecular flexibility index (Phi) is 6.34. The first-order valence-electron chi connectivity index (χ1n) is 12.5. The van der Waals surface area contributed by atoms with Gasteiger partial charge in [0.25, 0.3) is 5.56 Å². The molecule has 0 amide bonds. The fraction of sp³-hybridized carbons (Fsp3) is 0.577. The van der Waals surface area contributed by atoms with Gasteiger partial charge in [-0.25, -0.2) is 9.67 Å². The summed E-state index contributed by atoms with van der Waals surface area (Å²) >= 11 is 0. The molecular weight excluding hydrogens is 428 g/mol. The van der Waals surface area contributed by atoms with E-state index < -0.39 is 0 Å². The van der Waals surface area contributed by atoms with Crippen molar-refractivity contribution in [2.24, 2.45) is 7.05 Å². The highest BCUT2D eigenvalue weighted by Crippen LogP contribution is 2.36. The number of anilines is 1. The Balaban J connectivity index is 1.47. The first-order valence-corrected chi connectivity index (χ1v) is 12.5. The number of nitrogens with one attached hydrogen (secondary N) is 1. The van der Waals surface area contributed by atoms with E-state index in [9.17, 15) is 4.79 Å². The molecule has 8 nitrogen and oxygen atoms in total. The third kappa shape index (κ3) is 4.19. The fourth-order valence-electron chi connectivity index (χ4n) is 5.69. The van der Waals surface area contributed by atoms with Crippen molar-refractivity contribution in [3.8, 4) is 17.1 Å². The third-order valence-corrected chi connectivity index (χ3v) is 7.71. The van der Waals surface area contributed by atoms with E-state index in [1.54, 1.807) is 11.8 Å². The van der Waals surface area contributed by atoms with E-state index in [0.29, 0.717) is 34.6 Å². The Morgan fingerprint density at radius 3 is 2.50 bits per heavy atom. The lowest BCUT2D eigenvalue weighted by Gasteiger charge is -2.36. The van der Waals surface area contributed by atoms with Crippen molar-refractivity contribution in [2.45, 2.75) is 56.9 Å². The summed E-state index contributed by atoms with van der Waals surface area (Å²) in [7, 11) is 7.86. The molecule has 2 aromatic heterocycles. The number of hydrogen-bond acceptors (Lipinski definition) is 6. The van der Waals surface area contributed by atoms with Gasteiger partial charge in [-0.1, -0.05) is 19.3 Å². The van der Waals surface area contributed by atoms with Crippen LogP contribution >= 0.6 is 0 Å². The fourth-order valence-corrected chi connectivity index (χ4v) is 5.69. The Morgan fingerprint density at radius 1 is 1.09 bits per heavy atom. The molecule has 0 spiro atoms. The maximum Gasteiger partial charge on any atom is 0.262 e. The molecule has 1 saturated heterocycles. The Hall–Kier alpha value is -2.87. The van der Waals surface area contributed by atoms with Crippen LogP contribution in [-0.2, 0) is 7.05 Å². The standard InChI is InChI=1S/C26H36N6O2/c1-30(2)18-12-14-32(15-13-18)19-10-11-20(21(16-19)34-4)24-27-25-22(26(33)28-24)23(29-31(25)3)17-8-6-5-7-9-17/h10-11,16-18H,5-9,12-15H2,1-4H3,(H,27,28,33). The van der Waals surface area contributed by atoms with Crippen LogP contribution in [0.5, 0.6) is 5.75 Å². The zero-order valence-electron chi connectivity index (χ0n) is 20.8. The van der Waals surface area contributed by atoms with Crippen molar-refractivity contribution in [1.29, 1.82) is 0 Å². The SMILES string of the molecule is COc1cc(N2CCC(N(C)C)CC2)ccc1-c1nc2c(c(C3CCCCC3)nn2C)c(=O)[nH]1. The topological polar surface area (TPSA) is 79.3 Å². The summed E-state index contributed by atoms with van der Waals surface area (Å²) in [6.45, 7) is 2.04. The maximum absolute atomic E-state index is 13.2. The quantitative estimate of drug-likeness (QED) is 0.617. The van der Waals surface area contributed by atoms with Gasteiger partial charge in [0.15, 0.2) is 5.65 Å². The summed E-state index contributed by atoms with van der Waals surface area (Å²) in [6, 6.07) is 6.81.